The van der Waals surface area contributed by atoms with Crippen molar-refractivity contribution in [2.75, 3.05) is 4.90 Å². The van der Waals surface area contributed by atoms with E-state index in [-0.39, 0.29) is 29.1 Å². The maximum Gasteiger partial charge on any atom is 0.337 e. The lowest BCUT2D eigenvalue weighted by Gasteiger charge is -2.23. The zero-order valence-corrected chi connectivity index (χ0v) is 16.2. The average Bonchev–Trinajstić information content (AvgIpc) is 2.70. The number of imide groups is 1. The SMILES string of the molecule is O=C(O)c1cc(Cl)ccc1N(C(=O)Cc1ccccc1)C(=O)Cc1ccccc1. The predicted octanol–water partition coefficient (Wildman–Crippen LogP) is 4.38. The van der Waals surface area contributed by atoms with Gasteiger partial charge in [0.25, 0.3) is 0 Å². The van der Waals surface area contributed by atoms with E-state index in [4.69, 9.17) is 11.6 Å². The summed E-state index contributed by atoms with van der Waals surface area (Å²) in [5.41, 5.74) is 1.24. The number of rotatable bonds is 6. The lowest BCUT2D eigenvalue weighted by molar-refractivity contribution is -0.125. The summed E-state index contributed by atoms with van der Waals surface area (Å²) in [6.45, 7) is 0. The highest BCUT2D eigenvalue weighted by Gasteiger charge is 2.28. The molecule has 1 N–H and O–H groups in total. The van der Waals surface area contributed by atoms with E-state index in [1.54, 1.807) is 48.5 Å². The summed E-state index contributed by atoms with van der Waals surface area (Å²) < 4.78 is 0. The van der Waals surface area contributed by atoms with Crippen LogP contribution in [0, 0.1) is 0 Å². The zero-order valence-electron chi connectivity index (χ0n) is 15.4. The predicted molar refractivity (Wildman–Crippen MR) is 111 cm³/mol. The maximum atomic E-state index is 13.1. The number of carbonyl (C=O) groups is 3. The number of hydrogen-bond donors (Lipinski definition) is 1. The highest BCUT2D eigenvalue weighted by atomic mass is 35.5. The number of aromatic carboxylic acids is 1. The number of hydrogen-bond acceptors (Lipinski definition) is 3. The molecular weight excluding hydrogens is 390 g/mol. The van der Waals surface area contributed by atoms with Gasteiger partial charge in [0.15, 0.2) is 0 Å². The van der Waals surface area contributed by atoms with Crippen molar-refractivity contribution >= 4 is 35.1 Å². The number of anilines is 1. The Labute approximate surface area is 173 Å². The van der Waals surface area contributed by atoms with Gasteiger partial charge in [-0.3, -0.25) is 9.59 Å². The van der Waals surface area contributed by atoms with Crippen LogP contribution < -0.4 is 4.90 Å². The topological polar surface area (TPSA) is 74.7 Å². The standard InChI is InChI=1S/C23H18ClNO4/c24-18-11-12-20(19(15-18)23(28)29)25(21(26)13-16-7-3-1-4-8-16)22(27)14-17-9-5-2-6-10-17/h1-12,15H,13-14H2,(H,28,29). The number of carboxylic acid groups (broad SMARTS) is 1. The molecule has 0 unspecified atom stereocenters. The Morgan fingerprint density at radius 2 is 1.24 bits per heavy atom. The van der Waals surface area contributed by atoms with Crippen molar-refractivity contribution < 1.29 is 19.5 Å². The fraction of sp³-hybridized carbons (Fsp3) is 0.0870. The van der Waals surface area contributed by atoms with Gasteiger partial charge in [-0.05, 0) is 29.3 Å². The van der Waals surface area contributed by atoms with Crippen LogP contribution >= 0.6 is 11.6 Å². The number of carboxylic acids is 1. The van der Waals surface area contributed by atoms with Crippen molar-refractivity contribution in [3.05, 3.63) is 101 Å². The molecule has 6 heteroatoms. The van der Waals surface area contributed by atoms with Crippen molar-refractivity contribution in [1.29, 1.82) is 0 Å². The largest absolute Gasteiger partial charge is 0.478 e. The molecule has 146 valence electrons. The van der Waals surface area contributed by atoms with Crippen molar-refractivity contribution in [2.45, 2.75) is 12.8 Å². The number of nitrogens with zero attached hydrogens (tertiary/aromatic N) is 1. The molecule has 2 amide bonds. The van der Waals surface area contributed by atoms with Crippen LogP contribution in [0.3, 0.4) is 0 Å². The minimum Gasteiger partial charge on any atom is -0.478 e. The smallest absolute Gasteiger partial charge is 0.337 e. The molecular formula is C23H18ClNO4. The van der Waals surface area contributed by atoms with Crippen LogP contribution in [0.25, 0.3) is 0 Å². The van der Waals surface area contributed by atoms with Crippen molar-refractivity contribution in [1.82, 2.24) is 0 Å². The summed E-state index contributed by atoms with van der Waals surface area (Å²) in [5, 5.41) is 9.78. The van der Waals surface area contributed by atoms with E-state index < -0.39 is 17.8 Å². The molecule has 0 heterocycles. The molecule has 0 aromatic heterocycles. The average molecular weight is 408 g/mol. The molecule has 0 radical (unpaired) electrons. The highest BCUT2D eigenvalue weighted by molar-refractivity contribution is 6.31. The van der Waals surface area contributed by atoms with Gasteiger partial charge in [0.1, 0.15) is 0 Å². The lowest BCUT2D eigenvalue weighted by Crippen LogP contribution is -2.40. The molecule has 0 aliphatic rings. The van der Waals surface area contributed by atoms with Gasteiger partial charge in [0.05, 0.1) is 24.1 Å². The second-order valence-electron chi connectivity index (χ2n) is 6.41. The Kier molecular flexibility index (Phi) is 6.42. The van der Waals surface area contributed by atoms with Crippen molar-refractivity contribution in [3.63, 3.8) is 0 Å². The normalized spacial score (nSPS) is 10.4. The molecule has 3 aromatic rings. The van der Waals surface area contributed by atoms with Gasteiger partial charge in [-0.15, -0.1) is 0 Å². The number of carbonyl (C=O) groups excluding carboxylic acids is 2. The van der Waals surface area contributed by atoms with Gasteiger partial charge in [0, 0.05) is 5.02 Å². The minimum atomic E-state index is -1.27. The van der Waals surface area contributed by atoms with Crippen LogP contribution in [0.15, 0.2) is 78.9 Å². The van der Waals surface area contributed by atoms with Crippen LogP contribution in [-0.4, -0.2) is 22.9 Å². The van der Waals surface area contributed by atoms with Crippen LogP contribution in [0.5, 0.6) is 0 Å². The summed E-state index contributed by atoms with van der Waals surface area (Å²) in [5.74, 6) is -2.29. The van der Waals surface area contributed by atoms with E-state index in [1.165, 1.54) is 18.2 Å². The van der Waals surface area contributed by atoms with Gasteiger partial charge in [0.2, 0.25) is 11.8 Å². The molecule has 0 saturated carbocycles. The van der Waals surface area contributed by atoms with Gasteiger partial charge in [-0.1, -0.05) is 72.3 Å². The first-order chi connectivity index (χ1) is 14.0. The fourth-order valence-corrected chi connectivity index (χ4v) is 3.15. The summed E-state index contributed by atoms with van der Waals surface area (Å²) in [4.78, 5) is 38.8. The van der Waals surface area contributed by atoms with Crippen LogP contribution in [0.2, 0.25) is 5.02 Å². The molecule has 0 bridgehead atoms. The summed E-state index contributed by atoms with van der Waals surface area (Å²) in [6.07, 6.45) is -0.0773. The van der Waals surface area contributed by atoms with Gasteiger partial charge in [-0.25, -0.2) is 9.69 Å². The Morgan fingerprint density at radius 1 is 0.759 bits per heavy atom. The van der Waals surface area contributed by atoms with E-state index in [2.05, 4.69) is 0 Å². The van der Waals surface area contributed by atoms with E-state index in [0.717, 1.165) is 16.0 Å². The van der Waals surface area contributed by atoms with Crippen LogP contribution in [-0.2, 0) is 22.4 Å². The molecule has 29 heavy (non-hydrogen) atoms. The summed E-state index contributed by atoms with van der Waals surface area (Å²) in [6, 6.07) is 22.0. The third-order valence-electron chi connectivity index (χ3n) is 4.33. The summed E-state index contributed by atoms with van der Waals surface area (Å²) >= 11 is 5.93. The Balaban J connectivity index is 2.00. The third kappa shape index (κ3) is 5.09. The Bertz CT molecular complexity index is 982. The van der Waals surface area contributed by atoms with Crippen LogP contribution in [0.4, 0.5) is 5.69 Å². The van der Waals surface area contributed by atoms with Crippen molar-refractivity contribution in [2.24, 2.45) is 0 Å². The number of benzene rings is 3. The minimum absolute atomic E-state index is 0.00348. The molecule has 0 atom stereocenters. The molecule has 0 spiro atoms. The third-order valence-corrected chi connectivity index (χ3v) is 4.56. The monoisotopic (exact) mass is 407 g/mol. The fourth-order valence-electron chi connectivity index (χ4n) is 2.98. The Hall–Kier alpha value is -3.44. The van der Waals surface area contributed by atoms with Crippen LogP contribution in [0.1, 0.15) is 21.5 Å². The molecule has 0 fully saturated rings. The van der Waals surface area contributed by atoms with E-state index >= 15 is 0 Å². The maximum absolute atomic E-state index is 13.1. The first kappa shape index (κ1) is 20.3. The van der Waals surface area contributed by atoms with E-state index in [0.29, 0.717) is 0 Å². The molecule has 0 aliphatic heterocycles. The van der Waals surface area contributed by atoms with Gasteiger partial charge in [-0.2, -0.15) is 0 Å². The van der Waals surface area contributed by atoms with Gasteiger partial charge >= 0.3 is 5.97 Å². The Morgan fingerprint density at radius 3 is 1.69 bits per heavy atom. The molecule has 5 nitrogen and oxygen atoms in total. The molecule has 0 saturated heterocycles. The van der Waals surface area contributed by atoms with Gasteiger partial charge < -0.3 is 5.11 Å². The lowest BCUT2D eigenvalue weighted by atomic mass is 10.1. The zero-order chi connectivity index (χ0) is 20.8. The van der Waals surface area contributed by atoms with Crippen molar-refractivity contribution in [3.8, 4) is 0 Å². The number of halogens is 1. The highest BCUT2D eigenvalue weighted by Crippen LogP contribution is 2.26. The molecule has 3 aromatic carbocycles. The second kappa shape index (κ2) is 9.17. The van der Waals surface area contributed by atoms with E-state index in [9.17, 15) is 19.5 Å². The quantitative estimate of drug-likeness (QED) is 0.657. The first-order valence-corrected chi connectivity index (χ1v) is 9.30. The second-order valence-corrected chi connectivity index (χ2v) is 6.85. The first-order valence-electron chi connectivity index (χ1n) is 8.92. The number of amides is 2. The molecule has 3 rings (SSSR count). The summed E-state index contributed by atoms with van der Waals surface area (Å²) in [7, 11) is 0. The van der Waals surface area contributed by atoms with E-state index in [1.807, 2.05) is 12.1 Å². The molecule has 0 aliphatic carbocycles.